The van der Waals surface area contributed by atoms with E-state index in [0.29, 0.717) is 21.6 Å². The first-order valence-electron chi connectivity index (χ1n) is 6.27. The van der Waals surface area contributed by atoms with Crippen molar-refractivity contribution >= 4 is 39.4 Å². The second kappa shape index (κ2) is 7.64. The molecule has 0 unspecified atom stereocenters. The van der Waals surface area contributed by atoms with Crippen molar-refractivity contribution in [2.75, 3.05) is 13.1 Å². The third-order valence-electron chi connectivity index (χ3n) is 2.63. The number of hydrogen-bond donors (Lipinski definition) is 1. The molecule has 0 aliphatic rings. The van der Waals surface area contributed by atoms with Gasteiger partial charge in [-0.1, -0.05) is 25.4 Å². The molecule has 0 radical (unpaired) electrons. The van der Waals surface area contributed by atoms with Gasteiger partial charge in [0, 0.05) is 22.6 Å². The molecule has 20 heavy (non-hydrogen) atoms. The van der Waals surface area contributed by atoms with Gasteiger partial charge in [0.25, 0.3) is 5.91 Å². The number of carbonyl (C=O) groups excluding carboxylic acids is 1. The van der Waals surface area contributed by atoms with Crippen molar-refractivity contribution in [3.63, 3.8) is 0 Å². The zero-order chi connectivity index (χ0) is 15.3. The lowest BCUT2D eigenvalue weighted by Crippen LogP contribution is -2.36. The van der Waals surface area contributed by atoms with Crippen LogP contribution in [0.15, 0.2) is 22.7 Å². The first-order chi connectivity index (χ1) is 9.31. The summed E-state index contributed by atoms with van der Waals surface area (Å²) in [6.45, 7) is 4.65. The van der Waals surface area contributed by atoms with Gasteiger partial charge < -0.3 is 10.0 Å². The van der Waals surface area contributed by atoms with E-state index < -0.39 is 5.97 Å². The fourth-order valence-electron chi connectivity index (χ4n) is 1.78. The van der Waals surface area contributed by atoms with Crippen LogP contribution in [-0.4, -0.2) is 35.0 Å². The highest BCUT2D eigenvalue weighted by molar-refractivity contribution is 9.10. The van der Waals surface area contributed by atoms with E-state index in [0.717, 1.165) is 0 Å². The number of carboxylic acid groups (broad SMARTS) is 1. The summed E-state index contributed by atoms with van der Waals surface area (Å²) in [7, 11) is 0. The van der Waals surface area contributed by atoms with Crippen LogP contribution >= 0.6 is 27.5 Å². The van der Waals surface area contributed by atoms with Crippen molar-refractivity contribution in [3.8, 4) is 0 Å². The Labute approximate surface area is 131 Å². The van der Waals surface area contributed by atoms with Gasteiger partial charge in [0.05, 0.1) is 12.0 Å². The van der Waals surface area contributed by atoms with Crippen LogP contribution in [0, 0.1) is 5.92 Å². The predicted molar refractivity (Wildman–Crippen MR) is 82.1 cm³/mol. The Morgan fingerprint density at radius 3 is 2.60 bits per heavy atom. The molecule has 0 aliphatic carbocycles. The molecule has 0 spiro atoms. The minimum atomic E-state index is -0.920. The van der Waals surface area contributed by atoms with E-state index in [4.69, 9.17) is 16.7 Å². The van der Waals surface area contributed by atoms with E-state index in [1.165, 1.54) is 0 Å². The predicted octanol–water partition coefficient (Wildman–Crippen LogP) is 3.68. The molecule has 0 saturated carbocycles. The Morgan fingerprint density at radius 1 is 1.40 bits per heavy atom. The Balaban J connectivity index is 2.96. The van der Waals surface area contributed by atoms with E-state index in [1.54, 1.807) is 23.1 Å². The Kier molecular flexibility index (Phi) is 6.49. The molecular formula is C14H17BrClNO3. The molecule has 0 heterocycles. The smallest absolute Gasteiger partial charge is 0.305 e. The summed E-state index contributed by atoms with van der Waals surface area (Å²) < 4.78 is 0.649. The van der Waals surface area contributed by atoms with Crippen LogP contribution in [0.4, 0.5) is 0 Å². The fraction of sp³-hybridized carbons (Fsp3) is 0.429. The molecule has 0 atom stereocenters. The van der Waals surface area contributed by atoms with Gasteiger partial charge in [0.1, 0.15) is 0 Å². The molecule has 4 nitrogen and oxygen atoms in total. The lowest BCUT2D eigenvalue weighted by Gasteiger charge is -2.24. The maximum absolute atomic E-state index is 12.5. The number of amides is 1. The van der Waals surface area contributed by atoms with Crippen LogP contribution in [0.3, 0.4) is 0 Å². The number of carboxylic acids is 1. The lowest BCUT2D eigenvalue weighted by atomic mass is 10.1. The highest BCUT2D eigenvalue weighted by Crippen LogP contribution is 2.23. The van der Waals surface area contributed by atoms with Crippen molar-refractivity contribution in [2.45, 2.75) is 20.3 Å². The molecule has 0 fully saturated rings. The molecule has 0 aromatic heterocycles. The SMILES string of the molecule is CC(C)CN(CCC(=O)O)C(=O)c1cc(Cl)ccc1Br. The summed E-state index contributed by atoms with van der Waals surface area (Å²) in [5.74, 6) is -0.878. The van der Waals surface area contributed by atoms with Crippen LogP contribution < -0.4 is 0 Å². The number of nitrogens with zero attached hydrogens (tertiary/aromatic N) is 1. The molecule has 0 saturated heterocycles. The lowest BCUT2D eigenvalue weighted by molar-refractivity contribution is -0.137. The van der Waals surface area contributed by atoms with Crippen LogP contribution in [0.2, 0.25) is 5.02 Å². The Morgan fingerprint density at radius 2 is 2.05 bits per heavy atom. The average Bonchev–Trinajstić information content (AvgIpc) is 2.36. The van der Waals surface area contributed by atoms with Gasteiger partial charge in [0.15, 0.2) is 0 Å². The average molecular weight is 363 g/mol. The molecular weight excluding hydrogens is 346 g/mol. The zero-order valence-electron chi connectivity index (χ0n) is 11.4. The first kappa shape index (κ1) is 17.0. The monoisotopic (exact) mass is 361 g/mol. The largest absolute Gasteiger partial charge is 0.481 e. The molecule has 0 bridgehead atoms. The number of aliphatic carboxylic acids is 1. The summed E-state index contributed by atoms with van der Waals surface area (Å²) in [6, 6.07) is 4.98. The third kappa shape index (κ3) is 5.13. The van der Waals surface area contributed by atoms with Crippen LogP contribution in [0.5, 0.6) is 0 Å². The van der Waals surface area contributed by atoms with Crippen molar-refractivity contribution in [1.29, 1.82) is 0 Å². The Hall–Kier alpha value is -1.07. The highest BCUT2D eigenvalue weighted by Gasteiger charge is 2.20. The molecule has 110 valence electrons. The molecule has 1 rings (SSSR count). The van der Waals surface area contributed by atoms with E-state index >= 15 is 0 Å². The summed E-state index contributed by atoms with van der Waals surface area (Å²) in [4.78, 5) is 24.8. The number of halogens is 2. The maximum Gasteiger partial charge on any atom is 0.305 e. The second-order valence-corrected chi connectivity index (χ2v) is 6.20. The number of hydrogen-bond acceptors (Lipinski definition) is 2. The first-order valence-corrected chi connectivity index (χ1v) is 7.44. The molecule has 0 aliphatic heterocycles. The minimum Gasteiger partial charge on any atom is -0.481 e. The summed E-state index contributed by atoms with van der Waals surface area (Å²) in [5, 5.41) is 9.25. The highest BCUT2D eigenvalue weighted by atomic mass is 79.9. The van der Waals surface area contributed by atoms with Gasteiger partial charge in [-0.2, -0.15) is 0 Å². The van der Waals surface area contributed by atoms with Gasteiger partial charge in [-0.15, -0.1) is 0 Å². The minimum absolute atomic E-state index is 0.0728. The summed E-state index contributed by atoms with van der Waals surface area (Å²) in [5.41, 5.74) is 0.448. The zero-order valence-corrected chi connectivity index (χ0v) is 13.7. The van der Waals surface area contributed by atoms with E-state index in [9.17, 15) is 9.59 Å². The number of rotatable bonds is 6. The molecule has 6 heteroatoms. The second-order valence-electron chi connectivity index (χ2n) is 4.91. The van der Waals surface area contributed by atoms with Crippen LogP contribution in [-0.2, 0) is 4.79 Å². The van der Waals surface area contributed by atoms with Gasteiger partial charge in [-0.05, 0) is 40.0 Å². The van der Waals surface area contributed by atoms with Crippen molar-refractivity contribution < 1.29 is 14.7 Å². The van der Waals surface area contributed by atoms with Gasteiger partial charge in [0.2, 0.25) is 0 Å². The van der Waals surface area contributed by atoms with E-state index in [-0.39, 0.29) is 24.8 Å². The fourth-order valence-corrected chi connectivity index (χ4v) is 2.37. The van der Waals surface area contributed by atoms with Gasteiger partial charge in [-0.3, -0.25) is 9.59 Å². The number of benzene rings is 1. The maximum atomic E-state index is 12.5. The summed E-state index contributed by atoms with van der Waals surface area (Å²) >= 11 is 9.24. The topological polar surface area (TPSA) is 57.6 Å². The molecule has 1 N–H and O–H groups in total. The van der Waals surface area contributed by atoms with Crippen LogP contribution in [0.25, 0.3) is 0 Å². The van der Waals surface area contributed by atoms with Gasteiger partial charge in [-0.25, -0.2) is 0 Å². The third-order valence-corrected chi connectivity index (χ3v) is 3.55. The van der Waals surface area contributed by atoms with E-state index in [1.807, 2.05) is 13.8 Å². The van der Waals surface area contributed by atoms with Crippen molar-refractivity contribution in [1.82, 2.24) is 4.90 Å². The standard InChI is InChI=1S/C14H17BrClNO3/c1-9(2)8-17(6-5-13(18)19)14(20)11-7-10(16)3-4-12(11)15/h3-4,7,9H,5-6,8H2,1-2H3,(H,18,19). The van der Waals surface area contributed by atoms with Crippen LogP contribution in [0.1, 0.15) is 30.6 Å². The molecule has 1 aromatic rings. The summed E-state index contributed by atoms with van der Waals surface area (Å²) in [6.07, 6.45) is -0.0728. The Bertz CT molecular complexity index is 505. The van der Waals surface area contributed by atoms with Gasteiger partial charge >= 0.3 is 5.97 Å². The van der Waals surface area contributed by atoms with E-state index in [2.05, 4.69) is 15.9 Å². The quantitative estimate of drug-likeness (QED) is 0.840. The number of carbonyl (C=O) groups is 2. The molecule has 1 aromatic carbocycles. The molecule has 1 amide bonds. The van der Waals surface area contributed by atoms with Crippen molar-refractivity contribution in [3.05, 3.63) is 33.3 Å². The van der Waals surface area contributed by atoms with Crippen molar-refractivity contribution in [2.24, 2.45) is 5.92 Å². The normalized spacial score (nSPS) is 10.7.